The highest BCUT2D eigenvalue weighted by Gasteiger charge is 2.49. The fourth-order valence-corrected chi connectivity index (χ4v) is 5.87. The molecular formula is C11H19N2O15P3. The minimum Gasteiger partial charge on any atom is -0.393 e. The number of nitrogens with one attached hydrogen (secondary N) is 1. The maximum atomic E-state index is 11.9. The van der Waals surface area contributed by atoms with Gasteiger partial charge in [-0.1, -0.05) is 0 Å². The molecule has 2 rings (SSSR count). The van der Waals surface area contributed by atoms with Crippen LogP contribution in [0.1, 0.15) is 13.2 Å². The van der Waals surface area contributed by atoms with Gasteiger partial charge in [0.15, 0.2) is 6.23 Å². The van der Waals surface area contributed by atoms with Gasteiger partial charge in [-0.25, -0.2) is 18.5 Å². The summed E-state index contributed by atoms with van der Waals surface area (Å²) in [5.41, 5.74) is -1.69. The van der Waals surface area contributed by atoms with Gasteiger partial charge < -0.3 is 34.5 Å². The molecule has 0 aliphatic carbocycles. The van der Waals surface area contributed by atoms with E-state index in [1.54, 1.807) is 0 Å². The highest BCUT2D eigenvalue weighted by atomic mass is 31.3. The predicted octanol–water partition coefficient (Wildman–Crippen LogP) is -1.86. The van der Waals surface area contributed by atoms with Gasteiger partial charge in [0.1, 0.15) is 6.10 Å². The van der Waals surface area contributed by atoms with E-state index in [2.05, 4.69) is 13.1 Å². The molecule has 7 atom stereocenters. The molecule has 0 bridgehead atoms. The first-order chi connectivity index (χ1) is 14.0. The van der Waals surface area contributed by atoms with Gasteiger partial charge in [0.2, 0.25) is 0 Å². The van der Waals surface area contributed by atoms with E-state index in [-0.39, 0.29) is 0 Å². The highest BCUT2D eigenvalue weighted by Crippen LogP contribution is 2.66. The number of rotatable bonds is 9. The summed E-state index contributed by atoms with van der Waals surface area (Å²) >= 11 is 0. The number of hydrogen-bond donors (Lipinski definition) is 7. The molecule has 178 valence electrons. The number of aliphatic hydroxyl groups excluding tert-OH is 2. The summed E-state index contributed by atoms with van der Waals surface area (Å²) < 4.78 is 51.6. The Kier molecular flexibility index (Phi) is 7.99. The standard InChI is InChI=1S/C11H19N2O15P3/c1-5(14)8-6(4-25-30(21,22)28-31(23,24)27-29(18,19)20)26-10(9(8)16)13-3-2-7(15)12-11(13)17/h2-3,5-6,8-10,14,16H,4H2,1H3,(H,21,22)(H,23,24)(H,12,15,17)(H2,18,19,20)/t5?,6-,8-,9-,10-/m1/s1. The number of phosphoric acid groups is 3. The van der Waals surface area contributed by atoms with Gasteiger partial charge in [0.05, 0.1) is 18.8 Å². The molecule has 31 heavy (non-hydrogen) atoms. The first kappa shape index (κ1) is 26.2. The minimum atomic E-state index is -5.73. The van der Waals surface area contributed by atoms with Crippen LogP contribution in [-0.2, 0) is 31.6 Å². The lowest BCUT2D eigenvalue weighted by atomic mass is 9.93. The molecule has 0 spiro atoms. The largest absolute Gasteiger partial charge is 0.490 e. The van der Waals surface area contributed by atoms with E-state index in [1.165, 1.54) is 6.92 Å². The normalized spacial score (nSPS) is 29.3. The number of nitrogens with zero attached hydrogens (tertiary/aromatic N) is 1. The van der Waals surface area contributed by atoms with E-state index >= 15 is 0 Å². The van der Waals surface area contributed by atoms with Crippen molar-refractivity contribution in [3.63, 3.8) is 0 Å². The second kappa shape index (κ2) is 9.45. The summed E-state index contributed by atoms with van der Waals surface area (Å²) in [5, 5.41) is 20.4. The van der Waals surface area contributed by atoms with Gasteiger partial charge in [0, 0.05) is 18.2 Å². The number of H-pyrrole nitrogens is 1. The molecule has 1 aromatic rings. The molecule has 1 aliphatic heterocycles. The molecule has 0 aromatic carbocycles. The highest BCUT2D eigenvalue weighted by molar-refractivity contribution is 7.66. The molecule has 7 N–H and O–H groups in total. The van der Waals surface area contributed by atoms with Crippen molar-refractivity contribution in [2.75, 3.05) is 6.61 Å². The van der Waals surface area contributed by atoms with Gasteiger partial charge in [0.25, 0.3) is 5.56 Å². The molecule has 1 aromatic heterocycles. The van der Waals surface area contributed by atoms with E-state index in [0.29, 0.717) is 0 Å². The number of aromatic amines is 1. The molecule has 0 amide bonds. The Labute approximate surface area is 172 Å². The topological polar surface area (TPSA) is 264 Å². The van der Waals surface area contributed by atoms with Crippen LogP contribution in [0.15, 0.2) is 21.9 Å². The average molecular weight is 512 g/mol. The van der Waals surface area contributed by atoms with E-state index in [9.17, 15) is 38.4 Å². The van der Waals surface area contributed by atoms with Gasteiger partial charge in [-0.05, 0) is 6.92 Å². The van der Waals surface area contributed by atoms with Crippen molar-refractivity contribution in [1.29, 1.82) is 0 Å². The van der Waals surface area contributed by atoms with Crippen LogP contribution in [-0.4, -0.2) is 64.3 Å². The first-order valence-electron chi connectivity index (χ1n) is 8.13. The molecule has 1 saturated heterocycles. The number of hydrogen-bond acceptors (Lipinski definition) is 11. The zero-order valence-corrected chi connectivity index (χ0v) is 18.1. The number of aliphatic hydroxyl groups is 2. The summed E-state index contributed by atoms with van der Waals surface area (Å²) in [5.74, 6) is -1.21. The lowest BCUT2D eigenvalue weighted by Gasteiger charge is -2.23. The third-order valence-corrected chi connectivity index (χ3v) is 7.73. The second-order valence-electron chi connectivity index (χ2n) is 6.28. The van der Waals surface area contributed by atoms with E-state index in [0.717, 1.165) is 16.8 Å². The van der Waals surface area contributed by atoms with Crippen LogP contribution in [0.3, 0.4) is 0 Å². The van der Waals surface area contributed by atoms with Gasteiger partial charge in [-0.3, -0.25) is 18.9 Å². The molecule has 0 radical (unpaired) electrons. The van der Waals surface area contributed by atoms with Crippen molar-refractivity contribution >= 4 is 23.5 Å². The Morgan fingerprint density at radius 1 is 1.16 bits per heavy atom. The van der Waals surface area contributed by atoms with Crippen molar-refractivity contribution in [3.8, 4) is 0 Å². The van der Waals surface area contributed by atoms with Gasteiger partial charge in [-0.2, -0.15) is 8.62 Å². The zero-order chi connectivity index (χ0) is 23.8. The third kappa shape index (κ3) is 7.23. The van der Waals surface area contributed by atoms with Crippen molar-refractivity contribution in [1.82, 2.24) is 9.55 Å². The van der Waals surface area contributed by atoms with Crippen LogP contribution < -0.4 is 11.2 Å². The maximum absolute atomic E-state index is 11.9. The summed E-state index contributed by atoms with van der Waals surface area (Å²) in [4.78, 5) is 60.7. The van der Waals surface area contributed by atoms with Crippen LogP contribution in [0.5, 0.6) is 0 Å². The SMILES string of the molecule is CC(O)[C@H]1[C@@H](O)[C@H](n2ccc(=O)[nH]c2=O)O[C@@H]1COP(=O)(O)OP(=O)(O)OP(=O)(O)O. The molecule has 17 nitrogen and oxygen atoms in total. The lowest BCUT2D eigenvalue weighted by molar-refractivity contribution is -0.0539. The summed E-state index contributed by atoms with van der Waals surface area (Å²) in [6.07, 6.45) is -4.73. The van der Waals surface area contributed by atoms with Crippen molar-refractivity contribution in [2.24, 2.45) is 5.92 Å². The van der Waals surface area contributed by atoms with Crippen LogP contribution in [0.2, 0.25) is 0 Å². The minimum absolute atomic E-state index is 0.731. The monoisotopic (exact) mass is 512 g/mol. The van der Waals surface area contributed by atoms with E-state index in [4.69, 9.17) is 19.4 Å². The van der Waals surface area contributed by atoms with Crippen molar-refractivity contribution in [3.05, 3.63) is 33.1 Å². The Bertz CT molecular complexity index is 1050. The van der Waals surface area contributed by atoms with Crippen LogP contribution in [0.4, 0.5) is 0 Å². The Morgan fingerprint density at radius 3 is 2.29 bits per heavy atom. The summed E-state index contributed by atoms with van der Waals surface area (Å²) in [6, 6.07) is 0.953. The molecule has 0 saturated carbocycles. The Morgan fingerprint density at radius 2 is 1.77 bits per heavy atom. The summed E-state index contributed by atoms with van der Waals surface area (Å²) in [7, 11) is -16.8. The van der Waals surface area contributed by atoms with Crippen molar-refractivity contribution < 1.29 is 61.4 Å². The molecule has 2 heterocycles. The third-order valence-electron chi connectivity index (χ3n) is 3.93. The molecule has 1 aliphatic rings. The van der Waals surface area contributed by atoms with Crippen LogP contribution in [0.25, 0.3) is 0 Å². The zero-order valence-electron chi connectivity index (χ0n) is 15.4. The maximum Gasteiger partial charge on any atom is 0.490 e. The van der Waals surface area contributed by atoms with Crippen LogP contribution >= 0.6 is 23.5 Å². The molecule has 3 unspecified atom stereocenters. The number of ether oxygens (including phenoxy) is 1. The molecular weight excluding hydrogens is 493 g/mol. The first-order valence-corrected chi connectivity index (χ1v) is 12.6. The molecule has 20 heteroatoms. The number of aromatic nitrogens is 2. The lowest BCUT2D eigenvalue weighted by Crippen LogP contribution is -2.38. The van der Waals surface area contributed by atoms with E-state index in [1.807, 2.05) is 4.98 Å². The van der Waals surface area contributed by atoms with Crippen LogP contribution in [0, 0.1) is 5.92 Å². The second-order valence-corrected chi connectivity index (χ2v) is 10.7. The van der Waals surface area contributed by atoms with Gasteiger partial charge in [-0.15, -0.1) is 0 Å². The fraction of sp³-hybridized carbons (Fsp3) is 0.636. The summed E-state index contributed by atoms with van der Waals surface area (Å²) in [6.45, 7) is 0.276. The fourth-order valence-electron chi connectivity index (χ4n) is 2.84. The molecule has 1 fully saturated rings. The van der Waals surface area contributed by atoms with E-state index < -0.39 is 71.8 Å². The van der Waals surface area contributed by atoms with Gasteiger partial charge >= 0.3 is 29.2 Å². The predicted molar refractivity (Wildman–Crippen MR) is 96.2 cm³/mol. The Hall–Kier alpha value is -1.03. The quantitative estimate of drug-likeness (QED) is 0.179. The average Bonchev–Trinajstić information content (AvgIpc) is 2.86. The Balaban J connectivity index is 2.16. The smallest absolute Gasteiger partial charge is 0.393 e. The number of phosphoric ester groups is 1. The van der Waals surface area contributed by atoms with Crippen molar-refractivity contribution in [2.45, 2.75) is 31.5 Å².